The van der Waals surface area contributed by atoms with Crippen LogP contribution in [0.5, 0.6) is 5.75 Å². The number of methoxy groups -OCH3 is 1. The Balaban J connectivity index is 1.36. The first-order chi connectivity index (χ1) is 21.7. The van der Waals surface area contributed by atoms with Crippen molar-refractivity contribution in [1.82, 2.24) is 0 Å². The van der Waals surface area contributed by atoms with E-state index in [1.165, 1.54) is 7.11 Å². The van der Waals surface area contributed by atoms with Crippen LogP contribution in [0.15, 0.2) is 103 Å². The quantitative estimate of drug-likeness (QED) is 0.0871. The molecule has 0 heterocycles. The minimum atomic E-state index is -0.706. The molecule has 0 bridgehead atoms. The van der Waals surface area contributed by atoms with E-state index in [1.807, 2.05) is 98.5 Å². The average Bonchev–Trinajstić information content (AvgIpc) is 3.05. The summed E-state index contributed by atoms with van der Waals surface area (Å²) in [4.78, 5) is 40.8. The Bertz CT molecular complexity index is 1550. The molecule has 0 fully saturated rings. The normalized spacial score (nSPS) is 11.5. The van der Waals surface area contributed by atoms with Crippen molar-refractivity contribution in [1.29, 1.82) is 0 Å². The Morgan fingerprint density at radius 3 is 2.16 bits per heavy atom. The third-order valence-corrected chi connectivity index (χ3v) is 7.41. The smallest absolute Gasteiger partial charge is 0.328 e. The number of para-hydroxylation sites is 1. The van der Waals surface area contributed by atoms with Gasteiger partial charge in [-0.3, -0.25) is 9.59 Å². The van der Waals surface area contributed by atoms with Crippen molar-refractivity contribution in [3.8, 4) is 5.75 Å². The van der Waals surface area contributed by atoms with Gasteiger partial charge < -0.3 is 19.7 Å². The fraction of sp³-hybridized carbons (Fsp3) is 0.289. The van der Waals surface area contributed by atoms with Gasteiger partial charge in [-0.25, -0.2) is 4.79 Å². The molecule has 45 heavy (non-hydrogen) atoms. The first-order valence-corrected chi connectivity index (χ1v) is 15.4. The monoisotopic (exact) mass is 606 g/mol. The second-order valence-electron chi connectivity index (χ2n) is 11.5. The molecule has 0 aliphatic rings. The number of anilines is 2. The van der Waals surface area contributed by atoms with E-state index in [1.54, 1.807) is 30.3 Å². The van der Waals surface area contributed by atoms with Crippen LogP contribution in [0.25, 0.3) is 0 Å². The highest BCUT2D eigenvalue weighted by Crippen LogP contribution is 2.23. The highest BCUT2D eigenvalue weighted by Gasteiger charge is 2.23. The number of esters is 1. The molecule has 0 unspecified atom stereocenters. The van der Waals surface area contributed by atoms with Crippen molar-refractivity contribution in [2.75, 3.05) is 30.5 Å². The number of nitrogens with one attached hydrogen (secondary N) is 1. The van der Waals surface area contributed by atoms with E-state index in [0.717, 1.165) is 16.8 Å². The Kier molecular flexibility index (Phi) is 11.9. The van der Waals surface area contributed by atoms with Crippen molar-refractivity contribution in [3.63, 3.8) is 0 Å². The Hall–Kier alpha value is -4.91. The van der Waals surface area contributed by atoms with Crippen molar-refractivity contribution in [2.24, 2.45) is 5.92 Å². The maximum atomic E-state index is 13.2. The summed E-state index contributed by atoms with van der Waals surface area (Å²) in [6, 6.07) is 31.1. The van der Waals surface area contributed by atoms with Crippen LogP contribution >= 0.6 is 0 Å². The molecule has 1 atom stereocenters. The molecular formula is C38H42N2O5. The number of benzene rings is 4. The molecule has 0 aromatic heterocycles. The predicted molar refractivity (Wildman–Crippen MR) is 179 cm³/mol. The number of nitrogens with zero attached hydrogens (tertiary/aromatic N) is 1. The van der Waals surface area contributed by atoms with E-state index >= 15 is 0 Å². The number of ketones is 1. The van der Waals surface area contributed by atoms with E-state index in [4.69, 9.17) is 9.47 Å². The van der Waals surface area contributed by atoms with Gasteiger partial charge in [0.2, 0.25) is 5.91 Å². The van der Waals surface area contributed by atoms with Crippen LogP contribution in [0, 0.1) is 12.8 Å². The van der Waals surface area contributed by atoms with Crippen molar-refractivity contribution >= 4 is 29.0 Å². The number of rotatable bonds is 15. The second-order valence-corrected chi connectivity index (χ2v) is 11.5. The summed E-state index contributed by atoms with van der Waals surface area (Å²) < 4.78 is 11.1. The van der Waals surface area contributed by atoms with Gasteiger partial charge in [0.05, 0.1) is 13.7 Å². The van der Waals surface area contributed by atoms with E-state index in [9.17, 15) is 14.4 Å². The molecule has 234 valence electrons. The zero-order valence-electron chi connectivity index (χ0n) is 26.5. The van der Waals surface area contributed by atoms with Crippen molar-refractivity contribution < 1.29 is 23.9 Å². The van der Waals surface area contributed by atoms with Gasteiger partial charge in [-0.15, -0.1) is 0 Å². The summed E-state index contributed by atoms with van der Waals surface area (Å²) in [5, 5.41) is 3.24. The molecule has 0 spiro atoms. The minimum Gasteiger partial charge on any atom is -0.494 e. The molecule has 4 rings (SSSR count). The summed E-state index contributed by atoms with van der Waals surface area (Å²) in [6.45, 7) is 7.15. The van der Waals surface area contributed by atoms with Gasteiger partial charge in [0.1, 0.15) is 11.8 Å². The molecule has 4 aromatic carbocycles. The van der Waals surface area contributed by atoms with Gasteiger partial charge in [0.25, 0.3) is 0 Å². The Morgan fingerprint density at radius 2 is 1.49 bits per heavy atom. The molecule has 0 aliphatic heterocycles. The predicted octanol–water partition coefficient (Wildman–Crippen LogP) is 7.27. The average molecular weight is 607 g/mol. The lowest BCUT2D eigenvalue weighted by Crippen LogP contribution is -2.33. The molecule has 0 aliphatic carbocycles. The zero-order valence-corrected chi connectivity index (χ0v) is 26.5. The molecule has 0 radical (unpaired) electrons. The number of hydrogen-bond acceptors (Lipinski definition) is 6. The lowest BCUT2D eigenvalue weighted by molar-refractivity contribution is -0.141. The van der Waals surface area contributed by atoms with Crippen LogP contribution in [-0.2, 0) is 20.7 Å². The molecule has 0 saturated heterocycles. The van der Waals surface area contributed by atoms with E-state index < -0.39 is 12.0 Å². The Labute approximate surface area is 266 Å². The molecule has 1 N–H and O–H groups in total. The maximum absolute atomic E-state index is 13.2. The number of aryl methyl sites for hydroxylation is 1. The van der Waals surface area contributed by atoms with Gasteiger partial charge in [-0.05, 0) is 61.2 Å². The van der Waals surface area contributed by atoms with Crippen LogP contribution in [0.2, 0.25) is 0 Å². The highest BCUT2D eigenvalue weighted by molar-refractivity contribution is 6.12. The first kappa shape index (κ1) is 33.0. The third-order valence-electron chi connectivity index (χ3n) is 7.41. The lowest BCUT2D eigenvalue weighted by atomic mass is 10.00. The van der Waals surface area contributed by atoms with Gasteiger partial charge in [0, 0.05) is 41.9 Å². The molecule has 7 nitrogen and oxygen atoms in total. The number of hydrogen-bond donors (Lipinski definition) is 1. The van der Waals surface area contributed by atoms with Gasteiger partial charge in [0.15, 0.2) is 5.78 Å². The van der Waals surface area contributed by atoms with Gasteiger partial charge in [-0.1, -0.05) is 86.1 Å². The fourth-order valence-corrected chi connectivity index (χ4v) is 5.03. The summed E-state index contributed by atoms with van der Waals surface area (Å²) >= 11 is 0. The molecule has 0 saturated carbocycles. The van der Waals surface area contributed by atoms with Gasteiger partial charge >= 0.3 is 5.97 Å². The zero-order chi connectivity index (χ0) is 32.2. The summed E-state index contributed by atoms with van der Waals surface area (Å²) in [6.07, 6.45) is 1.52. The molecular weight excluding hydrogens is 564 g/mol. The summed E-state index contributed by atoms with van der Waals surface area (Å²) in [7, 11) is 1.35. The number of ether oxygens (including phenoxy) is 2. The summed E-state index contributed by atoms with van der Waals surface area (Å²) in [5.74, 6) is 0.535. The van der Waals surface area contributed by atoms with E-state index in [-0.39, 0.29) is 17.6 Å². The lowest BCUT2D eigenvalue weighted by Gasteiger charge is -2.24. The van der Waals surface area contributed by atoms with E-state index in [0.29, 0.717) is 55.0 Å². The molecule has 7 heteroatoms. The number of carbonyl (C=O) groups is 3. The summed E-state index contributed by atoms with van der Waals surface area (Å²) in [5.41, 5.74) is 4.57. The fourth-order valence-electron chi connectivity index (χ4n) is 5.03. The highest BCUT2D eigenvalue weighted by atomic mass is 16.5. The SMILES string of the molecule is COC(=O)[C@H](Cc1ccc(OCCCN(C(=O)CC(C)C)c2ccc(C)cc2)cc1)Nc1ccccc1C(=O)c1ccccc1. The van der Waals surface area contributed by atoms with Crippen LogP contribution < -0.4 is 15.0 Å². The second kappa shape index (κ2) is 16.2. The van der Waals surface area contributed by atoms with Crippen molar-refractivity contribution in [2.45, 2.75) is 46.1 Å². The Morgan fingerprint density at radius 1 is 0.822 bits per heavy atom. The maximum Gasteiger partial charge on any atom is 0.328 e. The number of amides is 1. The van der Waals surface area contributed by atoms with Crippen molar-refractivity contribution in [3.05, 3.63) is 125 Å². The minimum absolute atomic E-state index is 0.110. The van der Waals surface area contributed by atoms with E-state index in [2.05, 4.69) is 5.32 Å². The van der Waals surface area contributed by atoms with Crippen LogP contribution in [0.1, 0.15) is 53.7 Å². The molecule has 1 amide bonds. The van der Waals surface area contributed by atoms with Crippen LogP contribution in [0.4, 0.5) is 11.4 Å². The first-order valence-electron chi connectivity index (χ1n) is 15.4. The van der Waals surface area contributed by atoms with Crippen LogP contribution in [0.3, 0.4) is 0 Å². The van der Waals surface area contributed by atoms with Gasteiger partial charge in [-0.2, -0.15) is 0 Å². The third kappa shape index (κ3) is 9.54. The topological polar surface area (TPSA) is 84.9 Å². The number of carbonyl (C=O) groups excluding carboxylic acids is 3. The molecule has 4 aromatic rings. The largest absolute Gasteiger partial charge is 0.494 e. The standard InChI is InChI=1S/C38H42N2O5/c1-27(2)25-36(41)40(31-19-15-28(3)16-20-31)23-10-24-45-32-21-17-29(18-22-32)26-35(38(43)44-4)39-34-14-9-8-13-33(34)37(42)30-11-6-5-7-12-30/h5-9,11-22,27,35,39H,10,23-26H2,1-4H3/t35-/m0/s1. The van der Waals surface area contributed by atoms with Crippen LogP contribution in [-0.4, -0.2) is 44.0 Å².